The molecule has 1 saturated heterocycles. The number of hydrogen-bond acceptors (Lipinski definition) is 6. The molecule has 0 unspecified atom stereocenters. The Labute approximate surface area is 155 Å². The van der Waals surface area contributed by atoms with Gasteiger partial charge in [-0.15, -0.1) is 0 Å². The first-order valence-corrected chi connectivity index (χ1v) is 9.07. The molecule has 0 aromatic carbocycles. The van der Waals surface area contributed by atoms with E-state index in [1.54, 1.807) is 12.3 Å². The Morgan fingerprint density at radius 3 is 2.50 bits per heavy atom. The fraction of sp³-hybridized carbons (Fsp3) is 0.550. The van der Waals surface area contributed by atoms with Crippen LogP contribution in [0.1, 0.15) is 46.1 Å². The molecule has 1 aromatic rings. The second kappa shape index (κ2) is 8.83. The number of nitrogens with zero attached hydrogens (tertiary/aromatic N) is 2. The summed E-state index contributed by atoms with van der Waals surface area (Å²) in [5.74, 6) is 0.398. The van der Waals surface area contributed by atoms with E-state index in [0.29, 0.717) is 6.61 Å². The molecular weight excluding hydrogens is 332 g/mol. The number of hydrogen-bond donors (Lipinski definition) is 0. The molecule has 0 radical (unpaired) electrons. The third-order valence-electron chi connectivity index (χ3n) is 4.03. The van der Waals surface area contributed by atoms with Crippen molar-refractivity contribution in [2.45, 2.75) is 46.1 Å². The zero-order chi connectivity index (χ0) is 19.2. The molecule has 6 heteroatoms. The summed E-state index contributed by atoms with van der Waals surface area (Å²) >= 11 is 0. The molecule has 0 N–H and O–H groups in total. The lowest BCUT2D eigenvalue weighted by molar-refractivity contribution is -0.149. The van der Waals surface area contributed by atoms with Crippen molar-refractivity contribution in [3.8, 4) is 0 Å². The second-order valence-corrected chi connectivity index (χ2v) is 7.33. The van der Waals surface area contributed by atoms with Crippen LogP contribution < -0.4 is 4.90 Å². The molecule has 1 aliphatic rings. The van der Waals surface area contributed by atoms with Gasteiger partial charge in [-0.3, -0.25) is 4.79 Å². The number of rotatable bonds is 5. The van der Waals surface area contributed by atoms with Gasteiger partial charge < -0.3 is 14.4 Å². The molecule has 0 saturated carbocycles. The van der Waals surface area contributed by atoms with Crippen molar-refractivity contribution in [2.75, 3.05) is 24.6 Å². The molecule has 1 aromatic heterocycles. The number of pyridine rings is 1. The summed E-state index contributed by atoms with van der Waals surface area (Å²) < 4.78 is 10.3. The summed E-state index contributed by atoms with van der Waals surface area (Å²) in [4.78, 5) is 30.1. The average molecular weight is 360 g/mol. The molecule has 0 bridgehead atoms. The van der Waals surface area contributed by atoms with Gasteiger partial charge in [0.15, 0.2) is 0 Å². The van der Waals surface area contributed by atoms with Crippen LogP contribution in [0.4, 0.5) is 5.82 Å². The number of esters is 2. The monoisotopic (exact) mass is 360 g/mol. The summed E-state index contributed by atoms with van der Waals surface area (Å²) in [5.41, 5.74) is 0.333. The molecule has 2 heterocycles. The Hall–Kier alpha value is -2.37. The molecule has 0 aliphatic carbocycles. The lowest BCUT2D eigenvalue weighted by Crippen LogP contribution is -2.37. The molecule has 0 atom stereocenters. The number of anilines is 1. The number of ether oxygens (including phenoxy) is 2. The minimum absolute atomic E-state index is 0.0118. The highest BCUT2D eigenvalue weighted by Crippen LogP contribution is 2.23. The SMILES string of the molecule is CCOC(=O)C1CCN(c2ccc(/C=C/C(=O)OC(C)(C)C)cn2)CC1. The summed E-state index contributed by atoms with van der Waals surface area (Å²) in [6.45, 7) is 9.32. The standard InChI is InChI=1S/C20H28N2O4/c1-5-25-19(24)16-10-12-22(13-11-16)17-8-6-15(14-21-17)7-9-18(23)26-20(2,3)4/h6-9,14,16H,5,10-13H2,1-4H3/b9-7+. The quantitative estimate of drug-likeness (QED) is 0.593. The highest BCUT2D eigenvalue weighted by atomic mass is 16.6. The number of carbonyl (C=O) groups is 2. The first-order valence-electron chi connectivity index (χ1n) is 9.07. The van der Waals surface area contributed by atoms with Crippen LogP contribution in [0.3, 0.4) is 0 Å². The van der Waals surface area contributed by atoms with Crippen molar-refractivity contribution in [1.82, 2.24) is 4.98 Å². The minimum atomic E-state index is -0.501. The Bertz CT molecular complexity index is 639. The van der Waals surface area contributed by atoms with Crippen molar-refractivity contribution in [3.05, 3.63) is 30.0 Å². The van der Waals surface area contributed by atoms with Gasteiger partial charge in [-0.1, -0.05) is 0 Å². The molecule has 142 valence electrons. The molecule has 1 aliphatic heterocycles. The lowest BCUT2D eigenvalue weighted by Gasteiger charge is -2.31. The van der Waals surface area contributed by atoms with E-state index in [9.17, 15) is 9.59 Å². The molecular formula is C20H28N2O4. The van der Waals surface area contributed by atoms with Crippen LogP contribution in [-0.2, 0) is 19.1 Å². The van der Waals surface area contributed by atoms with Gasteiger partial charge in [-0.05, 0) is 64.3 Å². The van der Waals surface area contributed by atoms with Gasteiger partial charge in [0.2, 0.25) is 0 Å². The van der Waals surface area contributed by atoms with Crippen LogP contribution in [0, 0.1) is 5.92 Å². The van der Waals surface area contributed by atoms with E-state index >= 15 is 0 Å². The van der Waals surface area contributed by atoms with E-state index in [1.165, 1.54) is 6.08 Å². The van der Waals surface area contributed by atoms with Crippen molar-refractivity contribution < 1.29 is 19.1 Å². The smallest absolute Gasteiger partial charge is 0.331 e. The first-order chi connectivity index (χ1) is 12.3. The van der Waals surface area contributed by atoms with Crippen LogP contribution in [0.25, 0.3) is 6.08 Å². The van der Waals surface area contributed by atoms with Gasteiger partial charge in [0, 0.05) is 25.4 Å². The fourth-order valence-electron chi connectivity index (χ4n) is 2.79. The number of piperidine rings is 1. The lowest BCUT2D eigenvalue weighted by atomic mass is 9.97. The van der Waals surface area contributed by atoms with Crippen molar-refractivity contribution in [1.29, 1.82) is 0 Å². The Morgan fingerprint density at radius 1 is 1.27 bits per heavy atom. The minimum Gasteiger partial charge on any atom is -0.466 e. The van der Waals surface area contributed by atoms with Crippen molar-refractivity contribution in [2.24, 2.45) is 5.92 Å². The average Bonchev–Trinajstić information content (AvgIpc) is 2.59. The van der Waals surface area contributed by atoms with E-state index in [1.807, 2.05) is 39.8 Å². The molecule has 1 fully saturated rings. The maximum atomic E-state index is 11.8. The highest BCUT2D eigenvalue weighted by molar-refractivity contribution is 5.87. The summed E-state index contributed by atoms with van der Waals surface area (Å²) in [6.07, 6.45) is 6.39. The van der Waals surface area contributed by atoms with Gasteiger partial charge in [0.1, 0.15) is 11.4 Å². The van der Waals surface area contributed by atoms with Crippen LogP contribution in [0.5, 0.6) is 0 Å². The maximum absolute atomic E-state index is 11.8. The largest absolute Gasteiger partial charge is 0.466 e. The number of aromatic nitrogens is 1. The van der Waals surface area contributed by atoms with Crippen LogP contribution in [-0.4, -0.2) is 42.2 Å². The van der Waals surface area contributed by atoms with Gasteiger partial charge in [0.05, 0.1) is 12.5 Å². The zero-order valence-corrected chi connectivity index (χ0v) is 16.0. The maximum Gasteiger partial charge on any atom is 0.331 e. The molecule has 26 heavy (non-hydrogen) atoms. The van der Waals surface area contributed by atoms with Gasteiger partial charge in [-0.2, -0.15) is 0 Å². The Balaban J connectivity index is 1.88. The first kappa shape index (κ1) is 19.9. The van der Waals surface area contributed by atoms with Crippen molar-refractivity contribution >= 4 is 23.8 Å². The third-order valence-corrected chi connectivity index (χ3v) is 4.03. The Kier molecular flexibility index (Phi) is 6.77. The third kappa shape index (κ3) is 6.17. The van der Waals surface area contributed by atoms with Crippen LogP contribution in [0.2, 0.25) is 0 Å². The number of carbonyl (C=O) groups excluding carboxylic acids is 2. The highest BCUT2D eigenvalue weighted by Gasteiger charge is 2.26. The van der Waals surface area contributed by atoms with E-state index in [2.05, 4.69) is 9.88 Å². The van der Waals surface area contributed by atoms with Crippen LogP contribution >= 0.6 is 0 Å². The Morgan fingerprint density at radius 2 is 1.96 bits per heavy atom. The summed E-state index contributed by atoms with van der Waals surface area (Å²) in [7, 11) is 0. The molecule has 2 rings (SSSR count). The van der Waals surface area contributed by atoms with E-state index in [4.69, 9.17) is 9.47 Å². The van der Waals surface area contributed by atoms with Crippen molar-refractivity contribution in [3.63, 3.8) is 0 Å². The predicted octanol–water partition coefficient (Wildman–Crippen LogP) is 3.22. The van der Waals surface area contributed by atoms with E-state index < -0.39 is 5.60 Å². The molecule has 6 nitrogen and oxygen atoms in total. The van der Waals surface area contributed by atoms with E-state index in [0.717, 1.165) is 37.3 Å². The predicted molar refractivity (Wildman–Crippen MR) is 101 cm³/mol. The molecule has 0 spiro atoms. The van der Waals surface area contributed by atoms with E-state index in [-0.39, 0.29) is 17.9 Å². The summed E-state index contributed by atoms with van der Waals surface area (Å²) in [6, 6.07) is 3.85. The van der Waals surface area contributed by atoms with Gasteiger partial charge in [-0.25, -0.2) is 9.78 Å². The van der Waals surface area contributed by atoms with Gasteiger partial charge in [0.25, 0.3) is 0 Å². The fourth-order valence-corrected chi connectivity index (χ4v) is 2.79. The second-order valence-electron chi connectivity index (χ2n) is 7.33. The normalized spacial score (nSPS) is 15.9. The van der Waals surface area contributed by atoms with Gasteiger partial charge >= 0.3 is 11.9 Å². The topological polar surface area (TPSA) is 68.7 Å². The summed E-state index contributed by atoms with van der Waals surface area (Å²) in [5, 5.41) is 0. The zero-order valence-electron chi connectivity index (χ0n) is 16.0. The van der Waals surface area contributed by atoms with Crippen LogP contribution in [0.15, 0.2) is 24.4 Å². The molecule has 0 amide bonds.